The van der Waals surface area contributed by atoms with Crippen molar-refractivity contribution in [3.63, 3.8) is 0 Å². The zero-order chi connectivity index (χ0) is 16.4. The fourth-order valence-corrected chi connectivity index (χ4v) is 2.00. The second-order valence-electron chi connectivity index (χ2n) is 4.58. The van der Waals surface area contributed by atoms with E-state index in [1.54, 1.807) is 20.8 Å². The molecule has 21 heavy (non-hydrogen) atoms. The van der Waals surface area contributed by atoms with Gasteiger partial charge in [-0.1, -0.05) is 20.8 Å². The molecule has 1 aromatic rings. The van der Waals surface area contributed by atoms with Crippen LogP contribution in [0.4, 0.5) is 22.0 Å². The normalized spacial score (nSPS) is 11.6. The van der Waals surface area contributed by atoms with Crippen LogP contribution in [-0.4, -0.2) is 11.6 Å². The van der Waals surface area contributed by atoms with Gasteiger partial charge in [0.2, 0.25) is 5.82 Å². The van der Waals surface area contributed by atoms with Crippen LogP contribution in [0.3, 0.4) is 0 Å². The zero-order valence-corrected chi connectivity index (χ0v) is 11.8. The van der Waals surface area contributed by atoms with Gasteiger partial charge in [-0.15, -0.1) is 0 Å². The molecule has 118 valence electrons. The van der Waals surface area contributed by atoms with E-state index in [2.05, 4.69) is 0 Å². The van der Waals surface area contributed by atoms with Crippen molar-refractivity contribution in [3.05, 3.63) is 34.6 Å². The molecule has 0 amide bonds. The standard InChI is InChI=1S/C14H15F5O2/c1-4-14(5-2,6-3)21-13(20)7-8(15)10(17)12(19)11(18)9(7)16/h4-6H2,1-3H3. The highest BCUT2D eigenvalue weighted by atomic mass is 19.2. The highest BCUT2D eigenvalue weighted by Crippen LogP contribution is 2.29. The van der Waals surface area contributed by atoms with Crippen LogP contribution >= 0.6 is 0 Å². The van der Waals surface area contributed by atoms with Gasteiger partial charge in [0.05, 0.1) is 0 Å². The first-order valence-corrected chi connectivity index (χ1v) is 6.49. The predicted octanol–water partition coefficient (Wildman–Crippen LogP) is 4.51. The van der Waals surface area contributed by atoms with Crippen LogP contribution in [0.1, 0.15) is 50.4 Å². The fraction of sp³-hybridized carbons (Fsp3) is 0.500. The summed E-state index contributed by atoms with van der Waals surface area (Å²) < 4.78 is 71.1. The minimum absolute atomic E-state index is 0.348. The van der Waals surface area contributed by atoms with Gasteiger partial charge in [0, 0.05) is 0 Å². The number of benzene rings is 1. The Morgan fingerprint density at radius 1 is 0.810 bits per heavy atom. The minimum atomic E-state index is -2.31. The number of ether oxygens (including phenoxy) is 1. The molecule has 1 rings (SSSR count). The number of rotatable bonds is 5. The van der Waals surface area contributed by atoms with E-state index in [1.165, 1.54) is 0 Å². The Morgan fingerprint density at radius 2 is 1.14 bits per heavy atom. The first kappa shape index (κ1) is 17.4. The lowest BCUT2D eigenvalue weighted by molar-refractivity contribution is -0.0259. The Balaban J connectivity index is 3.32. The lowest BCUT2D eigenvalue weighted by atomic mass is 9.94. The van der Waals surface area contributed by atoms with Gasteiger partial charge in [0.15, 0.2) is 23.3 Å². The van der Waals surface area contributed by atoms with Crippen molar-refractivity contribution < 1.29 is 31.5 Å². The molecule has 0 aliphatic heterocycles. The van der Waals surface area contributed by atoms with Gasteiger partial charge in [0.25, 0.3) is 0 Å². The molecule has 1 aromatic carbocycles. The molecule has 0 radical (unpaired) electrons. The predicted molar refractivity (Wildman–Crippen MR) is 65.3 cm³/mol. The van der Waals surface area contributed by atoms with E-state index in [4.69, 9.17) is 4.74 Å². The lowest BCUT2D eigenvalue weighted by Gasteiger charge is -2.30. The van der Waals surface area contributed by atoms with E-state index in [9.17, 15) is 26.7 Å². The molecule has 0 spiro atoms. The van der Waals surface area contributed by atoms with E-state index in [0.29, 0.717) is 19.3 Å². The van der Waals surface area contributed by atoms with Crippen molar-refractivity contribution in [2.45, 2.75) is 45.6 Å². The van der Waals surface area contributed by atoms with Crippen LogP contribution in [0.25, 0.3) is 0 Å². The van der Waals surface area contributed by atoms with Crippen LogP contribution in [0.2, 0.25) is 0 Å². The molecule has 0 N–H and O–H groups in total. The number of carbonyl (C=O) groups excluding carboxylic acids is 1. The molecule has 0 aliphatic rings. The largest absolute Gasteiger partial charge is 0.455 e. The van der Waals surface area contributed by atoms with E-state index in [0.717, 1.165) is 0 Å². The Labute approximate surface area is 118 Å². The molecule has 0 saturated heterocycles. The zero-order valence-electron chi connectivity index (χ0n) is 11.8. The molecule has 7 heteroatoms. The highest BCUT2D eigenvalue weighted by Gasteiger charge is 2.35. The Morgan fingerprint density at radius 3 is 1.48 bits per heavy atom. The maximum absolute atomic E-state index is 13.5. The second-order valence-corrected chi connectivity index (χ2v) is 4.58. The quantitative estimate of drug-likeness (QED) is 0.346. The molecule has 0 unspecified atom stereocenters. The van der Waals surface area contributed by atoms with Crippen LogP contribution in [0.5, 0.6) is 0 Å². The summed E-state index contributed by atoms with van der Waals surface area (Å²) in [4.78, 5) is 11.8. The van der Waals surface area contributed by atoms with E-state index < -0.39 is 46.2 Å². The number of hydrogen-bond acceptors (Lipinski definition) is 2. The molecular formula is C14H15F5O2. The van der Waals surface area contributed by atoms with Gasteiger partial charge in [-0.05, 0) is 19.3 Å². The molecule has 0 fully saturated rings. The summed E-state index contributed by atoms with van der Waals surface area (Å²) in [5, 5.41) is 0. The Kier molecular flexibility index (Phi) is 5.31. The van der Waals surface area contributed by atoms with Crippen LogP contribution < -0.4 is 0 Å². The number of carbonyl (C=O) groups is 1. The van der Waals surface area contributed by atoms with Gasteiger partial charge in [0.1, 0.15) is 11.2 Å². The van der Waals surface area contributed by atoms with Crippen LogP contribution in [0.15, 0.2) is 0 Å². The maximum atomic E-state index is 13.5. The van der Waals surface area contributed by atoms with Crippen molar-refractivity contribution >= 4 is 5.97 Å². The SMILES string of the molecule is CCC(CC)(CC)OC(=O)c1c(F)c(F)c(F)c(F)c1F. The summed E-state index contributed by atoms with van der Waals surface area (Å²) in [7, 11) is 0. The first-order chi connectivity index (χ1) is 9.74. The molecule has 2 nitrogen and oxygen atoms in total. The van der Waals surface area contributed by atoms with Gasteiger partial charge in [-0.2, -0.15) is 0 Å². The first-order valence-electron chi connectivity index (χ1n) is 6.49. The van der Waals surface area contributed by atoms with Crippen molar-refractivity contribution in [1.82, 2.24) is 0 Å². The lowest BCUT2D eigenvalue weighted by Crippen LogP contribution is -2.34. The molecular weight excluding hydrogens is 295 g/mol. The molecule has 0 bridgehead atoms. The van der Waals surface area contributed by atoms with E-state index in [1.807, 2.05) is 0 Å². The maximum Gasteiger partial charge on any atom is 0.344 e. The summed E-state index contributed by atoms with van der Waals surface area (Å²) in [6.45, 7) is 5.08. The smallest absolute Gasteiger partial charge is 0.344 e. The third-order valence-corrected chi connectivity index (χ3v) is 3.66. The summed E-state index contributed by atoms with van der Waals surface area (Å²) in [5.74, 6) is -12.6. The number of halogens is 5. The summed E-state index contributed by atoms with van der Waals surface area (Å²) in [6.07, 6.45) is 1.05. The summed E-state index contributed by atoms with van der Waals surface area (Å²) >= 11 is 0. The Bertz CT molecular complexity index is 516. The average Bonchev–Trinajstić information content (AvgIpc) is 2.49. The van der Waals surface area contributed by atoms with Crippen molar-refractivity contribution in [1.29, 1.82) is 0 Å². The average molecular weight is 310 g/mol. The van der Waals surface area contributed by atoms with Gasteiger partial charge in [-0.25, -0.2) is 26.7 Å². The van der Waals surface area contributed by atoms with E-state index in [-0.39, 0.29) is 0 Å². The van der Waals surface area contributed by atoms with Crippen molar-refractivity contribution in [3.8, 4) is 0 Å². The molecule has 0 aliphatic carbocycles. The molecule has 0 aromatic heterocycles. The third kappa shape index (κ3) is 3.01. The monoisotopic (exact) mass is 310 g/mol. The van der Waals surface area contributed by atoms with Crippen molar-refractivity contribution in [2.75, 3.05) is 0 Å². The van der Waals surface area contributed by atoms with Crippen molar-refractivity contribution in [2.24, 2.45) is 0 Å². The van der Waals surface area contributed by atoms with Gasteiger partial charge >= 0.3 is 5.97 Å². The number of hydrogen-bond donors (Lipinski definition) is 0. The third-order valence-electron chi connectivity index (χ3n) is 3.66. The molecule has 0 saturated carbocycles. The second kappa shape index (κ2) is 6.41. The summed E-state index contributed by atoms with van der Waals surface area (Å²) in [5.41, 5.74) is -2.57. The highest BCUT2D eigenvalue weighted by molar-refractivity contribution is 5.90. The van der Waals surface area contributed by atoms with Gasteiger partial charge < -0.3 is 4.74 Å². The molecule has 0 heterocycles. The van der Waals surface area contributed by atoms with E-state index >= 15 is 0 Å². The number of esters is 1. The fourth-order valence-electron chi connectivity index (χ4n) is 2.00. The molecule has 0 atom stereocenters. The topological polar surface area (TPSA) is 26.3 Å². The van der Waals surface area contributed by atoms with Gasteiger partial charge in [-0.3, -0.25) is 0 Å². The minimum Gasteiger partial charge on any atom is -0.455 e. The summed E-state index contributed by atoms with van der Waals surface area (Å²) in [6, 6.07) is 0. The van der Waals surface area contributed by atoms with Crippen LogP contribution in [0, 0.1) is 29.1 Å². The van der Waals surface area contributed by atoms with Crippen LogP contribution in [-0.2, 0) is 4.74 Å². The Hall–Kier alpha value is -1.66.